The zero-order valence-corrected chi connectivity index (χ0v) is 27.4. The molecule has 4 rings (SSSR count). The molecule has 0 atom stereocenters. The van der Waals surface area contributed by atoms with Gasteiger partial charge in [0.1, 0.15) is 17.8 Å². The van der Waals surface area contributed by atoms with Gasteiger partial charge in [0.15, 0.2) is 5.13 Å². The van der Waals surface area contributed by atoms with Gasteiger partial charge in [-0.2, -0.15) is 0 Å². The third-order valence-electron chi connectivity index (χ3n) is 5.89. The average Bonchev–Trinajstić information content (AvgIpc) is 3.62. The first kappa shape index (κ1) is 34.8. The van der Waals surface area contributed by atoms with E-state index >= 15 is 0 Å². The number of nitrogens with one attached hydrogen (secondary N) is 1. The van der Waals surface area contributed by atoms with Gasteiger partial charge in [-0.15, -0.1) is 11.3 Å². The van der Waals surface area contributed by atoms with E-state index in [0.29, 0.717) is 11.6 Å². The molecule has 1 aliphatic rings. The first-order valence-corrected chi connectivity index (χ1v) is 16.5. The molecule has 0 radical (unpaired) electrons. The minimum Gasteiger partial charge on any atom is -0.400 e. The van der Waals surface area contributed by atoms with E-state index in [1.807, 2.05) is 13.8 Å². The minimum atomic E-state index is -0.319. The first-order valence-electron chi connectivity index (χ1n) is 13.8. The maximum Gasteiger partial charge on any atom is 0.277 e. The number of carbonyl (C=O) groups is 2. The number of aryl methyl sites for hydroxylation is 1. The van der Waals surface area contributed by atoms with Crippen LogP contribution in [0.1, 0.15) is 54.5 Å². The van der Waals surface area contributed by atoms with Crippen molar-refractivity contribution in [3.63, 3.8) is 0 Å². The fraction of sp³-hybridized carbons (Fsp3) is 0.536. The minimum absolute atomic E-state index is 0.259. The number of rotatable bonds is 12. The Morgan fingerprint density at radius 1 is 1.20 bits per heavy atom. The van der Waals surface area contributed by atoms with Crippen molar-refractivity contribution in [2.24, 2.45) is 0 Å². The first-order chi connectivity index (χ1) is 20.0. The van der Waals surface area contributed by atoms with Crippen LogP contribution in [0.3, 0.4) is 0 Å². The van der Waals surface area contributed by atoms with Crippen molar-refractivity contribution in [2.75, 3.05) is 62.9 Å². The number of nitrogens with zero attached hydrogens (tertiary/aromatic N) is 6. The lowest BCUT2D eigenvalue weighted by molar-refractivity contribution is -0.108. The Balaban J connectivity index is 0.00000141. The summed E-state index contributed by atoms with van der Waals surface area (Å²) >= 11 is 4.98. The number of thiazole rings is 1. The molecule has 0 unspecified atom stereocenters. The molecule has 1 aliphatic heterocycles. The normalized spacial score (nSPS) is 13.2. The molecule has 0 bridgehead atoms. The van der Waals surface area contributed by atoms with Crippen LogP contribution in [0.4, 0.5) is 10.9 Å². The number of amides is 1. The van der Waals surface area contributed by atoms with Crippen molar-refractivity contribution in [3.05, 3.63) is 40.0 Å². The van der Waals surface area contributed by atoms with Crippen LogP contribution in [0, 0.1) is 6.92 Å². The molecule has 1 fully saturated rings. The van der Waals surface area contributed by atoms with Crippen LogP contribution in [-0.4, -0.2) is 94.1 Å². The molecule has 4 heterocycles. The van der Waals surface area contributed by atoms with Crippen molar-refractivity contribution in [1.82, 2.24) is 24.2 Å². The number of carbonyl (C=O) groups excluding carboxylic acids is 2. The number of aromatic nitrogens is 3. The van der Waals surface area contributed by atoms with Gasteiger partial charge in [-0.05, 0) is 37.4 Å². The van der Waals surface area contributed by atoms with Gasteiger partial charge in [0.25, 0.3) is 5.91 Å². The standard InChI is InChI=1S/C25H33N7O2S3.C2H6.CH4O/c1-4-12-36-30(3)16-21-23(20-13-18(2)17-35-20)28-25(37-21)29-24(34)19-14-27-22(15-26-19)32-9-7-31(8-10-32)6-5-11-33;2*1-2/h11,13-15,17H,4-10,12,16H2,1-3H3,(H,28,29,34);1-2H3;2H,1H3. The van der Waals surface area contributed by atoms with E-state index in [1.165, 1.54) is 23.1 Å². The van der Waals surface area contributed by atoms with Crippen LogP contribution in [0.5, 0.6) is 0 Å². The van der Waals surface area contributed by atoms with Gasteiger partial charge in [0.05, 0.1) is 27.8 Å². The van der Waals surface area contributed by atoms with Gasteiger partial charge in [0, 0.05) is 58.6 Å². The number of aldehydes is 1. The molecule has 3 aromatic heterocycles. The Morgan fingerprint density at radius 2 is 1.93 bits per heavy atom. The predicted molar refractivity (Wildman–Crippen MR) is 173 cm³/mol. The van der Waals surface area contributed by atoms with Crippen molar-refractivity contribution >= 4 is 57.8 Å². The van der Waals surface area contributed by atoms with E-state index in [0.717, 1.165) is 86.1 Å². The summed E-state index contributed by atoms with van der Waals surface area (Å²) in [4.78, 5) is 43.9. The van der Waals surface area contributed by atoms with E-state index in [-0.39, 0.29) is 11.6 Å². The van der Waals surface area contributed by atoms with Crippen molar-refractivity contribution in [1.29, 1.82) is 0 Å². The van der Waals surface area contributed by atoms with Gasteiger partial charge >= 0.3 is 0 Å². The Kier molecular flexibility index (Phi) is 16.0. The van der Waals surface area contributed by atoms with Crippen LogP contribution in [0.2, 0.25) is 0 Å². The summed E-state index contributed by atoms with van der Waals surface area (Å²) in [5.41, 5.74) is 2.39. The Morgan fingerprint density at radius 3 is 2.51 bits per heavy atom. The molecular weight excluding hydrogens is 579 g/mol. The summed E-state index contributed by atoms with van der Waals surface area (Å²) in [6.07, 6.45) is 5.82. The topological polar surface area (TPSA) is 115 Å². The van der Waals surface area contributed by atoms with Crippen LogP contribution >= 0.6 is 34.6 Å². The Bertz CT molecular complexity index is 1180. The van der Waals surface area contributed by atoms with Gasteiger partial charge < -0.3 is 14.8 Å². The molecule has 0 spiro atoms. The molecular formula is C28H43N7O3S3. The molecule has 41 heavy (non-hydrogen) atoms. The quantitative estimate of drug-likeness (QED) is 0.210. The van der Waals surface area contributed by atoms with Crippen molar-refractivity contribution in [2.45, 2.75) is 47.1 Å². The molecule has 2 N–H and O–H groups in total. The van der Waals surface area contributed by atoms with Crippen LogP contribution in [0.15, 0.2) is 23.8 Å². The van der Waals surface area contributed by atoms with E-state index < -0.39 is 0 Å². The van der Waals surface area contributed by atoms with Crippen LogP contribution < -0.4 is 10.2 Å². The number of thiophene rings is 1. The fourth-order valence-corrected chi connectivity index (χ4v) is 6.75. The second kappa shape index (κ2) is 18.9. The second-order valence-electron chi connectivity index (χ2n) is 8.90. The monoisotopic (exact) mass is 621 g/mol. The molecule has 13 heteroatoms. The van der Waals surface area contributed by atoms with Gasteiger partial charge in [-0.1, -0.05) is 44.1 Å². The highest BCUT2D eigenvalue weighted by molar-refractivity contribution is 7.96. The number of piperazine rings is 1. The summed E-state index contributed by atoms with van der Waals surface area (Å²) in [6, 6.07) is 2.14. The van der Waals surface area contributed by atoms with Gasteiger partial charge in [0.2, 0.25) is 0 Å². The summed E-state index contributed by atoms with van der Waals surface area (Å²) in [5.74, 6) is 1.50. The number of aliphatic hydroxyl groups excluding tert-OH is 1. The molecule has 1 saturated heterocycles. The lowest BCUT2D eigenvalue weighted by atomic mass is 10.2. The number of anilines is 2. The Labute approximate surface area is 256 Å². The molecule has 0 aliphatic carbocycles. The largest absolute Gasteiger partial charge is 0.400 e. The molecule has 0 aromatic carbocycles. The van der Waals surface area contributed by atoms with E-state index in [4.69, 9.17) is 10.1 Å². The van der Waals surface area contributed by atoms with Crippen LogP contribution in [0.25, 0.3) is 10.6 Å². The number of hydrogen-bond donors (Lipinski definition) is 2. The average molecular weight is 622 g/mol. The van der Waals surface area contributed by atoms with Crippen LogP contribution in [-0.2, 0) is 11.3 Å². The second-order valence-corrected chi connectivity index (χ2v) is 12.2. The van der Waals surface area contributed by atoms with Gasteiger partial charge in [-0.25, -0.2) is 19.3 Å². The van der Waals surface area contributed by atoms with E-state index in [2.05, 4.69) is 61.7 Å². The lowest BCUT2D eigenvalue weighted by Gasteiger charge is -2.34. The molecule has 3 aromatic rings. The highest BCUT2D eigenvalue weighted by Crippen LogP contribution is 2.36. The summed E-state index contributed by atoms with van der Waals surface area (Å²) in [6.45, 7) is 13.2. The van der Waals surface area contributed by atoms with Gasteiger partial charge in [-0.3, -0.25) is 15.0 Å². The van der Waals surface area contributed by atoms with Crippen molar-refractivity contribution in [3.8, 4) is 10.6 Å². The maximum absolute atomic E-state index is 13.0. The van der Waals surface area contributed by atoms with E-state index in [9.17, 15) is 9.59 Å². The molecule has 0 saturated carbocycles. The smallest absolute Gasteiger partial charge is 0.277 e. The summed E-state index contributed by atoms with van der Waals surface area (Å²) < 4.78 is 2.22. The zero-order valence-electron chi connectivity index (χ0n) is 24.9. The van der Waals surface area contributed by atoms with E-state index in [1.54, 1.807) is 29.5 Å². The summed E-state index contributed by atoms with van der Waals surface area (Å²) in [5, 5.41) is 12.6. The highest BCUT2D eigenvalue weighted by atomic mass is 32.2. The molecule has 1 amide bonds. The highest BCUT2D eigenvalue weighted by Gasteiger charge is 2.21. The number of hydrogen-bond acceptors (Lipinski definition) is 12. The lowest BCUT2D eigenvalue weighted by Crippen LogP contribution is -2.47. The number of aliphatic hydroxyl groups is 1. The molecule has 226 valence electrons. The third kappa shape index (κ3) is 10.7. The predicted octanol–water partition coefficient (Wildman–Crippen LogP) is 5.06. The Hall–Kier alpha value is -2.42. The molecule has 10 nitrogen and oxygen atoms in total. The summed E-state index contributed by atoms with van der Waals surface area (Å²) in [7, 11) is 3.09. The zero-order chi connectivity index (χ0) is 30.2. The SMILES string of the molecule is CC.CCCSN(C)Cc1sc(NC(=O)c2cnc(N3CCN(CCC=O)CC3)cn2)nc1-c1cc(C)cs1.CO. The van der Waals surface area contributed by atoms with Crippen molar-refractivity contribution < 1.29 is 14.7 Å². The third-order valence-corrected chi connectivity index (χ3v) is 9.07. The fourth-order valence-electron chi connectivity index (χ4n) is 3.95. The maximum atomic E-state index is 13.0.